The summed E-state index contributed by atoms with van der Waals surface area (Å²) < 4.78 is 22.5. The number of aromatic nitrogens is 2. The van der Waals surface area contributed by atoms with E-state index in [0.717, 1.165) is 6.26 Å². The van der Waals surface area contributed by atoms with Gasteiger partial charge in [-0.05, 0) is 6.42 Å². The molecule has 0 saturated heterocycles. The first-order valence-electron chi connectivity index (χ1n) is 4.05. The van der Waals surface area contributed by atoms with Gasteiger partial charge in [-0.1, -0.05) is 0 Å². The fourth-order valence-corrected chi connectivity index (χ4v) is 2.32. The smallest absolute Gasteiger partial charge is 0.272 e. The summed E-state index contributed by atoms with van der Waals surface area (Å²) >= 11 is 0. The number of amides is 1. The molecule has 7 heteroatoms. The number of carbonyl (C=O) groups is 1. The second-order valence-corrected chi connectivity index (χ2v) is 5.11. The Morgan fingerprint density at radius 1 is 1.43 bits per heavy atom. The Balaban J connectivity index is 2.63. The van der Waals surface area contributed by atoms with E-state index in [1.54, 1.807) is 0 Å². The molecule has 1 aliphatic rings. The molecule has 1 aliphatic heterocycles. The SMILES string of the molecule is CS(=O)(=O)c1[nH]nc2c1CCNC2=O. The van der Waals surface area contributed by atoms with E-state index in [9.17, 15) is 13.2 Å². The molecular weight excluding hydrogens is 206 g/mol. The van der Waals surface area contributed by atoms with Gasteiger partial charge in [-0.2, -0.15) is 5.10 Å². The molecule has 0 radical (unpaired) electrons. The van der Waals surface area contributed by atoms with Gasteiger partial charge in [-0.15, -0.1) is 0 Å². The third-order valence-corrected chi connectivity index (χ3v) is 3.15. The molecule has 2 N–H and O–H groups in total. The first kappa shape index (κ1) is 9.20. The minimum absolute atomic E-state index is 0.0577. The van der Waals surface area contributed by atoms with Crippen molar-refractivity contribution in [2.75, 3.05) is 12.8 Å². The Morgan fingerprint density at radius 2 is 2.14 bits per heavy atom. The molecular formula is C7H9N3O3S. The van der Waals surface area contributed by atoms with Gasteiger partial charge in [0.15, 0.2) is 20.6 Å². The molecule has 1 aromatic rings. The highest BCUT2D eigenvalue weighted by Crippen LogP contribution is 2.19. The summed E-state index contributed by atoms with van der Waals surface area (Å²) in [7, 11) is -3.32. The van der Waals surface area contributed by atoms with Crippen LogP contribution in [0.15, 0.2) is 5.03 Å². The highest BCUT2D eigenvalue weighted by Gasteiger charge is 2.27. The zero-order valence-electron chi connectivity index (χ0n) is 7.49. The van der Waals surface area contributed by atoms with E-state index < -0.39 is 9.84 Å². The highest BCUT2D eigenvalue weighted by atomic mass is 32.2. The maximum absolute atomic E-state index is 11.3. The number of hydrogen-bond donors (Lipinski definition) is 2. The molecule has 1 amide bonds. The maximum Gasteiger partial charge on any atom is 0.272 e. The van der Waals surface area contributed by atoms with E-state index in [1.807, 2.05) is 0 Å². The molecule has 0 atom stereocenters. The van der Waals surface area contributed by atoms with E-state index in [4.69, 9.17) is 0 Å². The van der Waals surface area contributed by atoms with Gasteiger partial charge in [0, 0.05) is 18.4 Å². The molecule has 2 heterocycles. The van der Waals surface area contributed by atoms with Crippen molar-refractivity contribution in [1.29, 1.82) is 0 Å². The summed E-state index contributed by atoms with van der Waals surface area (Å²) in [6.07, 6.45) is 1.59. The number of carbonyl (C=O) groups excluding carboxylic acids is 1. The van der Waals surface area contributed by atoms with Crippen LogP contribution >= 0.6 is 0 Å². The van der Waals surface area contributed by atoms with Gasteiger partial charge in [0.05, 0.1) is 0 Å². The fourth-order valence-electron chi connectivity index (χ4n) is 1.46. The van der Waals surface area contributed by atoms with Crippen molar-refractivity contribution < 1.29 is 13.2 Å². The fraction of sp³-hybridized carbons (Fsp3) is 0.429. The summed E-state index contributed by atoms with van der Waals surface area (Å²) in [5, 5.41) is 8.72. The molecule has 76 valence electrons. The van der Waals surface area contributed by atoms with E-state index in [1.165, 1.54) is 0 Å². The normalized spacial score (nSPS) is 16.2. The molecule has 6 nitrogen and oxygen atoms in total. The minimum Gasteiger partial charge on any atom is -0.350 e. The molecule has 0 aromatic carbocycles. The number of aromatic amines is 1. The van der Waals surface area contributed by atoms with Crippen molar-refractivity contribution in [2.24, 2.45) is 0 Å². The third-order valence-electron chi connectivity index (χ3n) is 2.08. The van der Waals surface area contributed by atoms with Gasteiger partial charge in [-0.3, -0.25) is 9.89 Å². The van der Waals surface area contributed by atoms with Crippen LogP contribution in [-0.2, 0) is 16.3 Å². The van der Waals surface area contributed by atoms with Gasteiger partial charge < -0.3 is 5.32 Å². The van der Waals surface area contributed by atoms with Crippen LogP contribution < -0.4 is 5.32 Å². The summed E-state index contributed by atoms with van der Waals surface area (Å²) in [4.78, 5) is 11.2. The lowest BCUT2D eigenvalue weighted by Crippen LogP contribution is -2.32. The second-order valence-electron chi connectivity index (χ2n) is 3.16. The molecule has 2 rings (SSSR count). The number of H-pyrrole nitrogens is 1. The van der Waals surface area contributed by atoms with E-state index >= 15 is 0 Å². The van der Waals surface area contributed by atoms with Crippen LogP contribution in [0.1, 0.15) is 16.1 Å². The van der Waals surface area contributed by atoms with Crippen LogP contribution in [0.25, 0.3) is 0 Å². The zero-order chi connectivity index (χ0) is 10.3. The molecule has 1 aromatic heterocycles. The van der Waals surface area contributed by atoms with Gasteiger partial charge in [-0.25, -0.2) is 8.42 Å². The number of fused-ring (bicyclic) bond motifs is 1. The largest absolute Gasteiger partial charge is 0.350 e. The number of rotatable bonds is 1. The standard InChI is InChI=1S/C7H9N3O3S/c1-14(12,13)7-4-2-3-8-6(11)5(4)9-10-7/h2-3H2,1H3,(H,8,11)(H,9,10). The lowest BCUT2D eigenvalue weighted by molar-refractivity contribution is 0.0941. The van der Waals surface area contributed by atoms with Crippen LogP contribution in [0.4, 0.5) is 0 Å². The van der Waals surface area contributed by atoms with Crippen molar-refractivity contribution in [1.82, 2.24) is 15.5 Å². The van der Waals surface area contributed by atoms with Crippen LogP contribution in [0.3, 0.4) is 0 Å². The first-order valence-corrected chi connectivity index (χ1v) is 5.95. The number of hydrogen-bond acceptors (Lipinski definition) is 4. The highest BCUT2D eigenvalue weighted by molar-refractivity contribution is 7.90. The Hall–Kier alpha value is -1.37. The lowest BCUT2D eigenvalue weighted by atomic mass is 10.1. The lowest BCUT2D eigenvalue weighted by Gasteiger charge is -2.11. The van der Waals surface area contributed by atoms with Gasteiger partial charge in [0.1, 0.15) is 0 Å². The van der Waals surface area contributed by atoms with E-state index in [2.05, 4.69) is 15.5 Å². The minimum atomic E-state index is -3.32. The first-order chi connectivity index (χ1) is 6.50. The summed E-state index contributed by atoms with van der Waals surface area (Å²) in [5.41, 5.74) is 0.688. The van der Waals surface area contributed by atoms with E-state index in [0.29, 0.717) is 18.5 Å². The third kappa shape index (κ3) is 1.29. The molecule has 0 bridgehead atoms. The molecule has 0 aliphatic carbocycles. The van der Waals surface area contributed by atoms with Crippen LogP contribution in [0.2, 0.25) is 0 Å². The Morgan fingerprint density at radius 3 is 2.79 bits per heavy atom. The predicted molar refractivity (Wildman–Crippen MR) is 47.7 cm³/mol. The van der Waals surface area contributed by atoms with Gasteiger partial charge in [0.25, 0.3) is 5.91 Å². The zero-order valence-corrected chi connectivity index (χ0v) is 8.31. The van der Waals surface area contributed by atoms with Crippen molar-refractivity contribution in [3.8, 4) is 0 Å². The molecule has 0 unspecified atom stereocenters. The summed E-state index contributed by atoms with van der Waals surface area (Å²) in [5.74, 6) is -0.322. The quantitative estimate of drug-likeness (QED) is 0.635. The second kappa shape index (κ2) is 2.81. The number of sulfone groups is 1. The van der Waals surface area contributed by atoms with Crippen LogP contribution in [-0.4, -0.2) is 37.3 Å². The molecule has 0 spiro atoms. The topological polar surface area (TPSA) is 91.9 Å². The number of nitrogens with zero attached hydrogens (tertiary/aromatic N) is 1. The van der Waals surface area contributed by atoms with Crippen LogP contribution in [0, 0.1) is 0 Å². The Kier molecular flexibility index (Phi) is 1.84. The monoisotopic (exact) mass is 215 g/mol. The molecule has 14 heavy (non-hydrogen) atoms. The van der Waals surface area contributed by atoms with Crippen LogP contribution in [0.5, 0.6) is 0 Å². The maximum atomic E-state index is 11.3. The Bertz CT molecular complexity index is 488. The van der Waals surface area contributed by atoms with Gasteiger partial charge >= 0.3 is 0 Å². The van der Waals surface area contributed by atoms with E-state index in [-0.39, 0.29) is 16.6 Å². The predicted octanol–water partition coefficient (Wildman–Crippen LogP) is -0.901. The summed E-state index contributed by atoms with van der Waals surface area (Å²) in [6.45, 7) is 0.452. The molecule has 0 fully saturated rings. The average molecular weight is 215 g/mol. The molecule has 0 saturated carbocycles. The average Bonchev–Trinajstić information content (AvgIpc) is 2.47. The van der Waals surface area contributed by atoms with Gasteiger partial charge in [0.2, 0.25) is 0 Å². The Labute approximate surface area is 80.6 Å². The van der Waals surface area contributed by atoms with Crippen molar-refractivity contribution in [3.63, 3.8) is 0 Å². The summed E-state index contributed by atoms with van der Waals surface area (Å²) in [6, 6.07) is 0. The number of nitrogens with one attached hydrogen (secondary N) is 2. The van der Waals surface area contributed by atoms with Crippen molar-refractivity contribution in [2.45, 2.75) is 11.4 Å². The van der Waals surface area contributed by atoms with Crippen molar-refractivity contribution in [3.05, 3.63) is 11.3 Å². The van der Waals surface area contributed by atoms with Crippen molar-refractivity contribution >= 4 is 15.7 Å².